The van der Waals surface area contributed by atoms with Gasteiger partial charge in [0.25, 0.3) is 23.6 Å². The second-order valence-corrected chi connectivity index (χ2v) is 20.3. The molecule has 0 spiro atoms. The van der Waals surface area contributed by atoms with Crippen LogP contribution < -0.4 is 26.6 Å². The lowest BCUT2D eigenvalue weighted by Crippen LogP contribution is -2.59. The summed E-state index contributed by atoms with van der Waals surface area (Å²) in [6.45, 7) is 0.732. The molecule has 0 fully saturated rings. The maximum absolute atomic E-state index is 13.3. The Labute approximate surface area is 574 Å². The fraction of sp³-hybridized carbons (Fsp3) is 0.607. The highest BCUT2D eigenvalue weighted by Crippen LogP contribution is 2.23. The topological polar surface area (TPSA) is 373 Å². The van der Waals surface area contributed by atoms with E-state index in [2.05, 4.69) is 26.6 Å². The number of ether oxygens (including phenoxy) is 11. The second kappa shape index (κ2) is 58.7. The van der Waals surface area contributed by atoms with Crippen LogP contribution in [0.2, 0.25) is 0 Å². The molecule has 0 bridgehead atoms. The first-order valence-electron chi connectivity index (χ1n) is 31.8. The highest BCUT2D eigenvalue weighted by atomic mass is 31.1. The molecule has 0 aliphatic carbocycles. The van der Waals surface area contributed by atoms with E-state index in [9.17, 15) is 70.1 Å². The number of amides is 9. The molecule has 36 heteroatoms. The van der Waals surface area contributed by atoms with Gasteiger partial charge in [-0.25, -0.2) is 12.6 Å². The van der Waals surface area contributed by atoms with Gasteiger partial charge in [-0.1, -0.05) is 24.3 Å². The van der Waals surface area contributed by atoms with Gasteiger partial charge >= 0.3 is 0 Å². The molecule has 2 aliphatic heterocycles. The third-order valence-corrected chi connectivity index (χ3v) is 13.1. The number of fused-ring (bicyclic) bond motifs is 2. The first-order chi connectivity index (χ1) is 48.2. The van der Waals surface area contributed by atoms with Crippen molar-refractivity contribution in [2.24, 2.45) is 0 Å². The van der Waals surface area contributed by atoms with Crippen molar-refractivity contribution in [2.45, 2.75) is 62.4 Å². The van der Waals surface area contributed by atoms with Crippen LogP contribution >= 0.6 is 28.7 Å². The Morgan fingerprint density at radius 3 is 0.876 bits per heavy atom. The zero-order valence-electron chi connectivity index (χ0n) is 57.9. The lowest BCUT2D eigenvalue weighted by atomic mass is 10.0. The number of hydrogen-bond acceptors (Lipinski definition) is 23. The van der Waals surface area contributed by atoms with Crippen LogP contribution in [-0.4, -0.2) is 272 Å². The van der Waals surface area contributed by atoms with Gasteiger partial charge in [-0.15, -0.1) is 0 Å². The van der Waals surface area contributed by atoms with Crippen molar-refractivity contribution in [1.29, 1.82) is 0 Å². The van der Waals surface area contributed by atoms with Crippen molar-refractivity contribution in [3.05, 3.63) is 70.8 Å². The number of halogens is 3. The number of hydrogen-bond donors (Lipinski definition) is 5. The number of aldehydes is 3. The van der Waals surface area contributed by atoms with Crippen molar-refractivity contribution in [3.8, 4) is 0 Å². The Morgan fingerprint density at radius 2 is 0.629 bits per heavy atom. The van der Waals surface area contributed by atoms with E-state index in [1.165, 1.54) is 21.3 Å². The quantitative estimate of drug-likeness (QED) is 0.0272. The molecule has 30 nitrogen and oxygen atoms in total. The summed E-state index contributed by atoms with van der Waals surface area (Å²) in [7, 11) is 7.33. The summed E-state index contributed by atoms with van der Waals surface area (Å²) < 4.78 is 109. The average molecular weight is 1450 g/mol. The number of imide groups is 2. The summed E-state index contributed by atoms with van der Waals surface area (Å²) in [4.78, 5) is 148. The van der Waals surface area contributed by atoms with Crippen LogP contribution in [0.4, 0.5) is 12.6 Å². The zero-order valence-corrected chi connectivity index (χ0v) is 58.4. The van der Waals surface area contributed by atoms with Crippen LogP contribution in [-0.2, 0) is 90.5 Å². The van der Waals surface area contributed by atoms with Gasteiger partial charge < -0.3 is 93.1 Å². The van der Waals surface area contributed by atoms with Gasteiger partial charge in [0.2, 0.25) is 29.5 Å². The maximum atomic E-state index is 13.3. The summed E-state index contributed by atoms with van der Waals surface area (Å²) in [6, 6.07) is 13.1. The third-order valence-electron chi connectivity index (χ3n) is 13.1. The first kappa shape index (κ1) is 84.9. The predicted octanol–water partition coefficient (Wildman–Crippen LogP) is 1.65. The molecule has 0 radical (unpaired) electrons. The molecule has 4 rings (SSSR count). The lowest BCUT2D eigenvalue weighted by molar-refractivity contribution is -0.131. The fourth-order valence-electron chi connectivity index (χ4n) is 8.50. The van der Waals surface area contributed by atoms with Gasteiger partial charge in [0.15, 0.2) is 0 Å². The minimum Gasteiger partial charge on any atom is -0.383 e. The first-order valence-corrected chi connectivity index (χ1v) is 31.6. The Hall–Kier alpha value is -6.28. The number of carbonyl (C=O) groups excluding carboxylic acids is 12. The highest BCUT2D eigenvalue weighted by Gasteiger charge is 2.38. The lowest BCUT2D eigenvalue weighted by Gasteiger charge is -2.34. The van der Waals surface area contributed by atoms with Gasteiger partial charge in [0, 0.05) is 92.3 Å². The molecule has 2 heterocycles. The Kier molecular flexibility index (Phi) is 51.4. The van der Waals surface area contributed by atoms with Gasteiger partial charge in [-0.2, -0.15) is 0 Å². The van der Waals surface area contributed by atoms with E-state index in [0.29, 0.717) is 61.7 Å². The monoisotopic (exact) mass is 1450 g/mol. The smallest absolute Gasteiger partial charge is 0.261 e. The Morgan fingerprint density at radius 1 is 0.392 bits per heavy atom. The molecule has 3 unspecified atom stereocenters. The molecule has 2 aromatic rings. The molecular formula is C61H95F3N7O23P3. The van der Waals surface area contributed by atoms with Crippen molar-refractivity contribution in [2.75, 3.05) is 180 Å². The Bertz CT molecular complexity index is 2610. The normalized spacial score (nSPS) is 12.5. The van der Waals surface area contributed by atoms with E-state index in [4.69, 9.17) is 56.2 Å². The van der Waals surface area contributed by atoms with Gasteiger partial charge in [0.1, 0.15) is 34.0 Å². The molecule has 0 saturated carbocycles. The molecule has 5 N–H and O–H groups in total. The number of rotatable bonds is 53. The van der Waals surface area contributed by atoms with E-state index in [1.54, 1.807) is 48.5 Å². The summed E-state index contributed by atoms with van der Waals surface area (Å²) in [5, 5.41) is 13.8. The van der Waals surface area contributed by atoms with Crippen LogP contribution in [0.15, 0.2) is 48.5 Å². The fourth-order valence-corrected chi connectivity index (χ4v) is 8.50. The maximum Gasteiger partial charge on any atom is 0.261 e. The van der Waals surface area contributed by atoms with Crippen molar-refractivity contribution >= 4 is 101 Å². The standard InChI is InChI=1S/C35H55N5O13.C26H34N2O10.3FH2P/c1-47-20-12-36-29(41)8-17-51-24-35(25-52-18-9-30(42)37-13-21-48-2,26-53-19-10-31(43)38-14-22-49-3)39-32(44)11-16-50-23-15-40-33(45)27-6-4-5-7-28(27)34(40)46;29-10-3-13-36-18-26(19-37-14-4-11-30,20-38-15-5-12-31)27-23(32)8-16-35-17-9-28-24(33)21-6-1-2-7-22(21)25(28)34;3*1-2/h4-7H,8-26H2,1-3H3,(H,36,41)(H,37,42)(H,38,43)(H,39,44);1-2,6-7,10-12H,3-5,8-9,13-20H2,(H,27,32);3*2H2/i;10T,11T,12T;;;. The molecule has 9 amide bonds. The summed E-state index contributed by atoms with van der Waals surface area (Å²) in [5.41, 5.74) is -1.30. The van der Waals surface area contributed by atoms with Gasteiger partial charge in [0.05, 0.1) is 190 Å². The minimum atomic E-state index is -1.33. The van der Waals surface area contributed by atoms with E-state index in [0.717, 1.165) is 38.5 Å². The number of carbonyl (C=O) groups is 12. The largest absolute Gasteiger partial charge is 0.383 e. The van der Waals surface area contributed by atoms with Crippen molar-refractivity contribution in [3.63, 3.8) is 0 Å². The summed E-state index contributed by atoms with van der Waals surface area (Å²) >= 11 is 0. The van der Waals surface area contributed by atoms with Crippen LogP contribution in [0.1, 0.15) is 96.9 Å². The molecule has 97 heavy (non-hydrogen) atoms. The number of nitrogens with one attached hydrogen (secondary N) is 5. The zero-order chi connectivity index (χ0) is 75.0. The van der Waals surface area contributed by atoms with E-state index in [-0.39, 0.29) is 188 Å². The van der Waals surface area contributed by atoms with E-state index >= 15 is 0 Å². The summed E-state index contributed by atoms with van der Waals surface area (Å²) in [5.74, 6) is -3.33. The molecular weight excluding hydrogens is 1350 g/mol. The van der Waals surface area contributed by atoms with E-state index in [1.807, 2.05) is 0 Å². The average Bonchev–Trinajstić information content (AvgIpc) is 1.65. The van der Waals surface area contributed by atoms with Crippen molar-refractivity contribution < 1.29 is 126 Å². The van der Waals surface area contributed by atoms with Gasteiger partial charge in [-0.05, 0) is 24.3 Å². The molecule has 0 saturated heterocycles. The van der Waals surface area contributed by atoms with Crippen LogP contribution in [0.5, 0.6) is 0 Å². The number of benzene rings is 2. The minimum absolute atomic E-state index is 0.00266. The number of nitrogens with zero attached hydrogens (tertiary/aromatic N) is 2. The highest BCUT2D eigenvalue weighted by molar-refractivity contribution is 7.09. The van der Waals surface area contributed by atoms with Crippen LogP contribution in [0.25, 0.3) is 0 Å². The second-order valence-electron chi connectivity index (χ2n) is 20.3. The molecule has 0 aromatic heterocycles. The van der Waals surface area contributed by atoms with E-state index < -0.39 is 65.3 Å². The molecule has 2 aromatic carbocycles. The van der Waals surface area contributed by atoms with Crippen LogP contribution in [0, 0.1) is 0 Å². The number of methoxy groups -OCH3 is 3. The van der Waals surface area contributed by atoms with Crippen LogP contribution in [0.3, 0.4) is 0 Å². The summed E-state index contributed by atoms with van der Waals surface area (Å²) in [6.07, 6.45) is -3.19. The van der Waals surface area contributed by atoms with Gasteiger partial charge in [-0.3, -0.25) is 53.0 Å². The molecule has 2 aliphatic rings. The third kappa shape index (κ3) is 38.6. The molecule has 548 valence electrons. The predicted molar refractivity (Wildman–Crippen MR) is 354 cm³/mol. The van der Waals surface area contributed by atoms with Crippen molar-refractivity contribution in [1.82, 2.24) is 36.4 Å². The Balaban J connectivity index is 0.00000187. The SMILES string of the molecule is COCCNC(=O)CCOCC(COCCC(=O)NCCOC)(COCCC(=O)NCCOC)NC(=O)CCOCCN1C(=O)c2ccccc2C1=O.FP.FP.FP.[3H]C(=O)CCOCC(COCCC([3H])=O)(COCCC([3H])=O)NC(=O)CCOCCN1C(=O)c2ccccc2C1=O. The molecule has 3 atom stereocenters.